The SMILES string of the molecule is CCCCCCCCCCCCCCCCCC(C)(C)C(C)(C(=O)O)c1ccc(O)cc1. The molecule has 0 aliphatic rings. The molecule has 0 radical (unpaired) electrons. The Morgan fingerprint density at radius 2 is 1.06 bits per heavy atom. The number of aliphatic carboxylic acids is 1. The normalized spacial score (nSPS) is 13.8. The highest BCUT2D eigenvalue weighted by atomic mass is 16.4. The molecule has 2 N–H and O–H groups in total. The van der Waals surface area contributed by atoms with E-state index < -0.39 is 11.4 Å². The molecule has 0 aliphatic carbocycles. The van der Waals surface area contributed by atoms with Crippen LogP contribution in [0.25, 0.3) is 0 Å². The summed E-state index contributed by atoms with van der Waals surface area (Å²) in [4.78, 5) is 12.3. The molecule has 32 heavy (non-hydrogen) atoms. The van der Waals surface area contributed by atoms with Gasteiger partial charge in [0.25, 0.3) is 0 Å². The number of hydrogen-bond donors (Lipinski definition) is 2. The lowest BCUT2D eigenvalue weighted by molar-refractivity contribution is -0.148. The van der Waals surface area contributed by atoms with Crippen molar-refractivity contribution in [3.63, 3.8) is 0 Å². The number of unbranched alkanes of at least 4 members (excludes halogenated alkanes) is 14. The minimum absolute atomic E-state index is 0.168. The van der Waals surface area contributed by atoms with E-state index in [2.05, 4.69) is 20.8 Å². The fraction of sp³-hybridized carbons (Fsp3) is 0.759. The molecular formula is C29H50O3. The molecule has 0 aliphatic heterocycles. The molecule has 1 unspecified atom stereocenters. The van der Waals surface area contributed by atoms with Crippen LogP contribution >= 0.6 is 0 Å². The first-order chi connectivity index (χ1) is 15.3. The summed E-state index contributed by atoms with van der Waals surface area (Å²) < 4.78 is 0. The van der Waals surface area contributed by atoms with E-state index in [4.69, 9.17) is 0 Å². The summed E-state index contributed by atoms with van der Waals surface area (Å²) in [5.74, 6) is -0.629. The topological polar surface area (TPSA) is 57.5 Å². The molecule has 0 aromatic heterocycles. The van der Waals surface area contributed by atoms with Gasteiger partial charge in [-0.2, -0.15) is 0 Å². The predicted molar refractivity (Wildman–Crippen MR) is 136 cm³/mol. The lowest BCUT2D eigenvalue weighted by Gasteiger charge is -2.41. The lowest BCUT2D eigenvalue weighted by Crippen LogP contribution is -2.46. The standard InChI is InChI=1S/C29H50O3/c1-5-6-7-8-9-10-11-12-13-14-15-16-17-18-19-24-28(2,3)29(4,27(31)32)25-20-22-26(30)23-21-25/h20-23,30H,5-19,24H2,1-4H3,(H,31,32). The maximum Gasteiger partial charge on any atom is 0.314 e. The lowest BCUT2D eigenvalue weighted by atomic mass is 9.61. The minimum atomic E-state index is -0.975. The molecule has 184 valence electrons. The van der Waals surface area contributed by atoms with E-state index >= 15 is 0 Å². The number of aromatic hydroxyl groups is 1. The minimum Gasteiger partial charge on any atom is -0.508 e. The summed E-state index contributed by atoms with van der Waals surface area (Å²) in [6.07, 6.45) is 20.9. The summed E-state index contributed by atoms with van der Waals surface area (Å²) in [7, 11) is 0. The first-order valence-corrected chi connectivity index (χ1v) is 13.3. The maximum atomic E-state index is 12.3. The van der Waals surface area contributed by atoms with Crippen molar-refractivity contribution < 1.29 is 15.0 Å². The van der Waals surface area contributed by atoms with Crippen LogP contribution < -0.4 is 0 Å². The van der Waals surface area contributed by atoms with Crippen molar-refractivity contribution in [1.82, 2.24) is 0 Å². The van der Waals surface area contributed by atoms with Gasteiger partial charge in [-0.25, -0.2) is 0 Å². The number of benzene rings is 1. The molecule has 1 rings (SSSR count). The van der Waals surface area contributed by atoms with Crippen molar-refractivity contribution in [2.45, 2.75) is 136 Å². The maximum absolute atomic E-state index is 12.3. The number of phenols is 1. The van der Waals surface area contributed by atoms with Crippen molar-refractivity contribution in [3.05, 3.63) is 29.8 Å². The van der Waals surface area contributed by atoms with Gasteiger partial charge >= 0.3 is 5.97 Å². The number of carbonyl (C=O) groups is 1. The van der Waals surface area contributed by atoms with E-state index in [1.165, 1.54) is 89.9 Å². The second-order valence-corrected chi connectivity index (χ2v) is 10.6. The van der Waals surface area contributed by atoms with Crippen molar-refractivity contribution >= 4 is 5.97 Å². The fourth-order valence-electron chi connectivity index (χ4n) is 4.79. The van der Waals surface area contributed by atoms with Crippen molar-refractivity contribution in [2.75, 3.05) is 0 Å². The van der Waals surface area contributed by atoms with Gasteiger partial charge in [0.2, 0.25) is 0 Å². The summed E-state index contributed by atoms with van der Waals surface area (Å²) in [5, 5.41) is 19.6. The molecule has 0 fully saturated rings. The Kier molecular flexibility index (Phi) is 13.7. The van der Waals surface area contributed by atoms with Crippen LogP contribution in [-0.4, -0.2) is 16.2 Å². The summed E-state index contributed by atoms with van der Waals surface area (Å²) >= 11 is 0. The zero-order chi connectivity index (χ0) is 23.9. The number of carboxylic acid groups (broad SMARTS) is 1. The Hall–Kier alpha value is -1.51. The molecule has 0 saturated heterocycles. The van der Waals surface area contributed by atoms with Crippen LogP contribution in [0.15, 0.2) is 24.3 Å². The quantitative estimate of drug-likeness (QED) is 0.208. The van der Waals surface area contributed by atoms with Crippen molar-refractivity contribution in [2.24, 2.45) is 5.41 Å². The summed E-state index contributed by atoms with van der Waals surface area (Å²) in [6.45, 7) is 8.23. The summed E-state index contributed by atoms with van der Waals surface area (Å²) in [6, 6.07) is 6.66. The molecule has 0 amide bonds. The van der Waals surface area contributed by atoms with E-state index in [0.717, 1.165) is 18.4 Å². The molecule has 0 heterocycles. The van der Waals surface area contributed by atoms with Gasteiger partial charge < -0.3 is 10.2 Å². The molecule has 1 aromatic carbocycles. The monoisotopic (exact) mass is 446 g/mol. The molecule has 0 saturated carbocycles. The van der Waals surface area contributed by atoms with Crippen LogP contribution in [0.2, 0.25) is 0 Å². The predicted octanol–water partition coefficient (Wildman–Crippen LogP) is 9.02. The molecule has 3 heteroatoms. The van der Waals surface area contributed by atoms with Crippen LogP contribution in [0, 0.1) is 5.41 Å². The molecule has 1 aromatic rings. The van der Waals surface area contributed by atoms with Crippen molar-refractivity contribution in [1.29, 1.82) is 0 Å². The Bertz CT molecular complexity index is 620. The van der Waals surface area contributed by atoms with Gasteiger partial charge in [-0.05, 0) is 36.5 Å². The highest BCUT2D eigenvalue weighted by molar-refractivity contribution is 5.82. The number of rotatable bonds is 19. The van der Waals surface area contributed by atoms with Crippen LogP contribution in [0.1, 0.15) is 136 Å². The van der Waals surface area contributed by atoms with Crippen LogP contribution in [0.5, 0.6) is 5.75 Å². The third-order valence-corrected chi connectivity index (χ3v) is 7.63. The second kappa shape index (κ2) is 15.3. The Morgan fingerprint density at radius 3 is 1.44 bits per heavy atom. The first-order valence-electron chi connectivity index (χ1n) is 13.3. The van der Waals surface area contributed by atoms with Gasteiger partial charge in [-0.3, -0.25) is 4.79 Å². The Balaban J connectivity index is 2.19. The fourth-order valence-corrected chi connectivity index (χ4v) is 4.79. The zero-order valence-corrected chi connectivity index (χ0v) is 21.4. The van der Waals surface area contributed by atoms with E-state index in [1.54, 1.807) is 24.3 Å². The Morgan fingerprint density at radius 1 is 0.688 bits per heavy atom. The largest absolute Gasteiger partial charge is 0.508 e. The molecule has 0 bridgehead atoms. The van der Waals surface area contributed by atoms with Gasteiger partial charge in [0, 0.05) is 0 Å². The third kappa shape index (κ3) is 9.55. The second-order valence-electron chi connectivity index (χ2n) is 10.6. The van der Waals surface area contributed by atoms with E-state index in [9.17, 15) is 15.0 Å². The number of hydrogen-bond acceptors (Lipinski definition) is 2. The number of phenolic OH excluding ortho intramolecular Hbond substituents is 1. The van der Waals surface area contributed by atoms with Gasteiger partial charge in [0.15, 0.2) is 0 Å². The van der Waals surface area contributed by atoms with E-state index in [-0.39, 0.29) is 11.2 Å². The summed E-state index contributed by atoms with van der Waals surface area (Å²) in [5.41, 5.74) is -0.586. The van der Waals surface area contributed by atoms with E-state index in [1.807, 2.05) is 6.92 Å². The zero-order valence-electron chi connectivity index (χ0n) is 21.4. The molecule has 1 atom stereocenters. The third-order valence-electron chi connectivity index (χ3n) is 7.63. The van der Waals surface area contributed by atoms with Gasteiger partial charge in [0.1, 0.15) is 5.75 Å². The van der Waals surface area contributed by atoms with Crippen LogP contribution in [0.3, 0.4) is 0 Å². The van der Waals surface area contributed by atoms with Gasteiger partial charge in [0.05, 0.1) is 5.41 Å². The van der Waals surface area contributed by atoms with Crippen molar-refractivity contribution in [3.8, 4) is 5.75 Å². The number of carboxylic acids is 1. The average Bonchev–Trinajstić information content (AvgIpc) is 2.76. The molecule has 3 nitrogen and oxygen atoms in total. The Labute approximate surface area is 198 Å². The van der Waals surface area contributed by atoms with Gasteiger partial charge in [-0.1, -0.05) is 129 Å². The highest BCUT2D eigenvalue weighted by Gasteiger charge is 2.48. The molecular weight excluding hydrogens is 396 g/mol. The van der Waals surface area contributed by atoms with Gasteiger partial charge in [-0.15, -0.1) is 0 Å². The highest BCUT2D eigenvalue weighted by Crippen LogP contribution is 2.45. The van der Waals surface area contributed by atoms with Crippen LogP contribution in [0.4, 0.5) is 0 Å². The van der Waals surface area contributed by atoms with Crippen LogP contribution in [-0.2, 0) is 10.2 Å². The molecule has 0 spiro atoms. The van der Waals surface area contributed by atoms with E-state index in [0.29, 0.717) is 0 Å². The smallest absolute Gasteiger partial charge is 0.314 e. The average molecular weight is 447 g/mol. The first kappa shape index (κ1) is 28.5.